The molecular formula is C11H13NO6S. The van der Waals surface area contributed by atoms with Crippen molar-refractivity contribution in [1.29, 1.82) is 0 Å². The summed E-state index contributed by atoms with van der Waals surface area (Å²) < 4.78 is 28.1. The average molecular weight is 287 g/mol. The number of carbonyl (C=O) groups excluding carboxylic acids is 1. The fourth-order valence-electron chi connectivity index (χ4n) is 1.89. The van der Waals surface area contributed by atoms with Crippen molar-refractivity contribution in [2.45, 2.75) is 32.1 Å². The Bertz CT molecular complexity index is 669. The second-order valence-corrected chi connectivity index (χ2v) is 7.23. The molecular weight excluding hydrogens is 274 g/mol. The van der Waals surface area contributed by atoms with Crippen molar-refractivity contribution in [3.63, 3.8) is 0 Å². The molecule has 0 atom stereocenters. The lowest BCUT2D eigenvalue weighted by atomic mass is 10.2. The number of aromatic carboxylic acids is 1. The zero-order valence-electron chi connectivity index (χ0n) is 10.6. The molecule has 0 spiro atoms. The van der Waals surface area contributed by atoms with Crippen molar-refractivity contribution in [2.24, 2.45) is 0 Å². The summed E-state index contributed by atoms with van der Waals surface area (Å²) in [5.41, 5.74) is -0.0420. The Labute approximate surface area is 109 Å². The number of hydrogen-bond acceptors (Lipinski definition) is 5. The number of nitrogens with zero attached hydrogens (tertiary/aromatic N) is 1. The van der Waals surface area contributed by atoms with Gasteiger partial charge in [-0.3, -0.25) is 4.79 Å². The molecule has 0 saturated carbocycles. The van der Waals surface area contributed by atoms with E-state index in [2.05, 4.69) is 0 Å². The van der Waals surface area contributed by atoms with E-state index in [0.29, 0.717) is 4.31 Å². The SMILES string of the molecule is Cc1oc(CN2C(=O)C(C)(C)S2(=O)=O)cc1C(=O)O. The first kappa shape index (κ1) is 13.6. The normalized spacial score (nSPS) is 20.2. The molecule has 19 heavy (non-hydrogen) atoms. The second-order valence-electron chi connectivity index (χ2n) is 4.81. The first-order valence-electron chi connectivity index (χ1n) is 5.48. The Morgan fingerprint density at radius 3 is 2.47 bits per heavy atom. The fraction of sp³-hybridized carbons (Fsp3) is 0.455. The zero-order valence-corrected chi connectivity index (χ0v) is 11.4. The molecule has 1 aliphatic heterocycles. The maximum absolute atomic E-state index is 11.9. The number of amides is 1. The Morgan fingerprint density at radius 1 is 1.47 bits per heavy atom. The van der Waals surface area contributed by atoms with E-state index in [1.165, 1.54) is 26.8 Å². The van der Waals surface area contributed by atoms with E-state index in [1.54, 1.807) is 0 Å². The van der Waals surface area contributed by atoms with E-state index in [0.717, 1.165) is 0 Å². The number of carbonyl (C=O) groups is 2. The lowest BCUT2D eigenvalue weighted by Gasteiger charge is -2.42. The Hall–Kier alpha value is -1.83. The van der Waals surface area contributed by atoms with Gasteiger partial charge < -0.3 is 9.52 Å². The fourth-order valence-corrected chi connectivity index (χ4v) is 3.38. The number of carboxylic acids is 1. The summed E-state index contributed by atoms with van der Waals surface area (Å²) in [6.45, 7) is 3.84. The summed E-state index contributed by atoms with van der Waals surface area (Å²) in [7, 11) is -3.70. The zero-order chi connectivity index (χ0) is 14.6. The third-order valence-electron chi connectivity index (χ3n) is 3.18. The summed E-state index contributed by atoms with van der Waals surface area (Å²) in [5, 5.41) is 8.86. The van der Waals surface area contributed by atoms with Gasteiger partial charge >= 0.3 is 5.97 Å². The average Bonchev–Trinajstić information content (AvgIpc) is 2.66. The minimum Gasteiger partial charge on any atom is -0.478 e. The van der Waals surface area contributed by atoms with Crippen LogP contribution in [0.25, 0.3) is 0 Å². The van der Waals surface area contributed by atoms with Crippen molar-refractivity contribution < 1.29 is 27.5 Å². The van der Waals surface area contributed by atoms with Crippen LogP contribution in [0.3, 0.4) is 0 Å². The van der Waals surface area contributed by atoms with Gasteiger partial charge in [0.05, 0.1) is 6.54 Å². The summed E-state index contributed by atoms with van der Waals surface area (Å²) in [6, 6.07) is 1.23. The largest absolute Gasteiger partial charge is 0.478 e. The molecule has 2 heterocycles. The first-order chi connectivity index (χ1) is 8.59. The topological polar surface area (TPSA) is 105 Å². The first-order valence-corrected chi connectivity index (χ1v) is 6.92. The van der Waals surface area contributed by atoms with Gasteiger partial charge in [0.1, 0.15) is 17.1 Å². The number of sulfonamides is 1. The molecule has 0 radical (unpaired) electrons. The molecule has 0 unspecified atom stereocenters. The molecule has 1 aromatic heterocycles. The molecule has 2 rings (SSSR count). The highest BCUT2D eigenvalue weighted by Crippen LogP contribution is 2.36. The van der Waals surface area contributed by atoms with E-state index >= 15 is 0 Å². The quantitative estimate of drug-likeness (QED) is 0.879. The van der Waals surface area contributed by atoms with Gasteiger partial charge in [0.15, 0.2) is 4.75 Å². The Balaban J connectivity index is 2.27. The van der Waals surface area contributed by atoms with Crippen LogP contribution in [-0.4, -0.2) is 34.5 Å². The van der Waals surface area contributed by atoms with E-state index in [1.807, 2.05) is 0 Å². The van der Waals surface area contributed by atoms with Crippen molar-refractivity contribution >= 4 is 21.9 Å². The van der Waals surface area contributed by atoms with Gasteiger partial charge in [0, 0.05) is 0 Å². The van der Waals surface area contributed by atoms with Crippen LogP contribution in [0, 0.1) is 6.92 Å². The van der Waals surface area contributed by atoms with Crippen molar-refractivity contribution in [3.8, 4) is 0 Å². The molecule has 0 bridgehead atoms. The second kappa shape index (κ2) is 3.83. The number of furan rings is 1. The number of rotatable bonds is 3. The molecule has 8 heteroatoms. The van der Waals surface area contributed by atoms with Crippen LogP contribution in [0.1, 0.15) is 35.7 Å². The highest BCUT2D eigenvalue weighted by atomic mass is 32.2. The number of hydrogen-bond donors (Lipinski definition) is 1. The lowest BCUT2D eigenvalue weighted by Crippen LogP contribution is -2.66. The van der Waals surface area contributed by atoms with Crippen LogP contribution in [0.4, 0.5) is 0 Å². The van der Waals surface area contributed by atoms with Gasteiger partial charge in [0.2, 0.25) is 0 Å². The molecule has 1 fully saturated rings. The van der Waals surface area contributed by atoms with Gasteiger partial charge in [-0.15, -0.1) is 0 Å². The molecule has 1 N–H and O–H groups in total. The minimum atomic E-state index is -3.70. The third-order valence-corrected chi connectivity index (χ3v) is 5.51. The highest BCUT2D eigenvalue weighted by molar-refractivity contribution is 7.94. The van der Waals surface area contributed by atoms with Crippen LogP contribution in [0.15, 0.2) is 10.5 Å². The molecule has 0 aromatic carbocycles. The Kier molecular flexibility index (Phi) is 2.74. The van der Waals surface area contributed by atoms with E-state index in [9.17, 15) is 18.0 Å². The van der Waals surface area contributed by atoms with E-state index < -0.39 is 26.6 Å². The molecule has 0 aliphatic carbocycles. The maximum atomic E-state index is 11.9. The summed E-state index contributed by atoms with van der Waals surface area (Å²) in [4.78, 5) is 22.6. The molecule has 1 aliphatic rings. The number of carboxylic acid groups (broad SMARTS) is 1. The maximum Gasteiger partial charge on any atom is 0.339 e. The lowest BCUT2D eigenvalue weighted by molar-refractivity contribution is -0.132. The van der Waals surface area contributed by atoms with Crippen molar-refractivity contribution in [2.75, 3.05) is 0 Å². The van der Waals surface area contributed by atoms with Gasteiger partial charge in [0.25, 0.3) is 15.9 Å². The van der Waals surface area contributed by atoms with Crippen LogP contribution < -0.4 is 0 Å². The molecule has 104 valence electrons. The van der Waals surface area contributed by atoms with Crippen LogP contribution >= 0.6 is 0 Å². The highest BCUT2D eigenvalue weighted by Gasteiger charge is 2.60. The number of aryl methyl sites for hydroxylation is 1. The molecule has 1 aromatic rings. The molecule has 7 nitrogen and oxygen atoms in total. The van der Waals surface area contributed by atoms with Gasteiger partial charge in [-0.1, -0.05) is 0 Å². The Morgan fingerprint density at radius 2 is 2.05 bits per heavy atom. The smallest absolute Gasteiger partial charge is 0.339 e. The monoisotopic (exact) mass is 287 g/mol. The van der Waals surface area contributed by atoms with E-state index in [-0.39, 0.29) is 23.6 Å². The predicted molar refractivity (Wildman–Crippen MR) is 64.0 cm³/mol. The van der Waals surface area contributed by atoms with Gasteiger partial charge in [-0.05, 0) is 26.8 Å². The third kappa shape index (κ3) is 1.74. The summed E-state index contributed by atoms with van der Waals surface area (Å²) in [6.07, 6.45) is 0. The minimum absolute atomic E-state index is 0.0420. The standard InChI is InChI=1S/C11H13NO6S/c1-6-8(9(13)14)4-7(18-6)5-12-10(15)11(2,3)19(12,16)17/h4H,5H2,1-3H3,(H,13,14). The van der Waals surface area contributed by atoms with Gasteiger partial charge in [-0.25, -0.2) is 17.5 Å². The van der Waals surface area contributed by atoms with Crippen LogP contribution in [0.2, 0.25) is 0 Å². The van der Waals surface area contributed by atoms with Gasteiger partial charge in [-0.2, -0.15) is 0 Å². The van der Waals surface area contributed by atoms with Crippen molar-refractivity contribution in [3.05, 3.63) is 23.2 Å². The summed E-state index contributed by atoms with van der Waals surface area (Å²) >= 11 is 0. The molecule has 1 saturated heterocycles. The van der Waals surface area contributed by atoms with Crippen molar-refractivity contribution in [1.82, 2.24) is 4.31 Å². The van der Waals surface area contributed by atoms with Crippen LogP contribution in [-0.2, 0) is 21.4 Å². The summed E-state index contributed by atoms with van der Waals surface area (Å²) in [5.74, 6) is -1.39. The predicted octanol–water partition coefficient (Wildman–Crippen LogP) is 0.737. The van der Waals surface area contributed by atoms with E-state index in [4.69, 9.17) is 9.52 Å². The van der Waals surface area contributed by atoms with Crippen LogP contribution in [0.5, 0.6) is 0 Å². The molecule has 1 amide bonds.